The van der Waals surface area contributed by atoms with Gasteiger partial charge in [-0.15, -0.1) is 5.10 Å². The number of halogens is 1. The molecule has 1 aromatic heterocycles. The summed E-state index contributed by atoms with van der Waals surface area (Å²) in [5, 5.41) is 4.45. The molecule has 0 aliphatic carbocycles. The van der Waals surface area contributed by atoms with Gasteiger partial charge < -0.3 is 15.2 Å². The maximum atomic E-state index is 11.8. The molecule has 106 valence electrons. The van der Waals surface area contributed by atoms with Crippen LogP contribution in [0.4, 0.5) is 5.69 Å². The van der Waals surface area contributed by atoms with E-state index in [4.69, 9.17) is 26.8 Å². The van der Waals surface area contributed by atoms with Gasteiger partial charge in [0.25, 0.3) is 5.88 Å². The molecule has 2 N–H and O–H groups in total. The highest BCUT2D eigenvalue weighted by Crippen LogP contribution is 2.29. The van der Waals surface area contributed by atoms with Crippen LogP contribution in [0.1, 0.15) is 17.3 Å². The molecule has 6 nitrogen and oxygen atoms in total. The van der Waals surface area contributed by atoms with Crippen LogP contribution in [-0.4, -0.2) is 22.4 Å². The summed E-state index contributed by atoms with van der Waals surface area (Å²) in [5.41, 5.74) is 6.32. The molecule has 20 heavy (non-hydrogen) atoms. The average molecular weight is 296 g/mol. The van der Waals surface area contributed by atoms with Crippen molar-refractivity contribution < 1.29 is 14.3 Å². The second kappa shape index (κ2) is 5.83. The number of aromatic nitrogens is 2. The van der Waals surface area contributed by atoms with Crippen molar-refractivity contribution in [3.63, 3.8) is 0 Å². The fraction of sp³-hybridized carbons (Fsp3) is 0.231. The van der Waals surface area contributed by atoms with E-state index in [1.54, 1.807) is 32.2 Å². The van der Waals surface area contributed by atoms with Gasteiger partial charge in [0.05, 0.1) is 17.3 Å². The topological polar surface area (TPSA) is 79.4 Å². The van der Waals surface area contributed by atoms with E-state index in [0.29, 0.717) is 16.5 Å². The number of rotatable bonds is 4. The van der Waals surface area contributed by atoms with Gasteiger partial charge in [-0.05, 0) is 19.1 Å². The predicted molar refractivity (Wildman–Crippen MR) is 75.1 cm³/mol. The number of nitrogen functional groups attached to an aromatic ring is 1. The highest BCUT2D eigenvalue weighted by atomic mass is 35.5. The number of hydrogen-bond donors (Lipinski definition) is 1. The summed E-state index contributed by atoms with van der Waals surface area (Å²) in [4.78, 5) is 11.8. The highest BCUT2D eigenvalue weighted by Gasteiger charge is 2.19. The van der Waals surface area contributed by atoms with Crippen LogP contribution in [0.5, 0.6) is 11.6 Å². The second-order valence-electron chi connectivity index (χ2n) is 4.03. The van der Waals surface area contributed by atoms with E-state index >= 15 is 0 Å². The Morgan fingerprint density at radius 1 is 1.50 bits per heavy atom. The maximum Gasteiger partial charge on any atom is 0.345 e. The summed E-state index contributed by atoms with van der Waals surface area (Å²) >= 11 is 5.92. The van der Waals surface area contributed by atoms with Gasteiger partial charge >= 0.3 is 5.97 Å². The normalized spacial score (nSPS) is 10.3. The van der Waals surface area contributed by atoms with Crippen LogP contribution in [0.3, 0.4) is 0 Å². The number of esters is 1. The van der Waals surface area contributed by atoms with Gasteiger partial charge in [0.1, 0.15) is 11.3 Å². The number of carbonyl (C=O) groups is 1. The van der Waals surface area contributed by atoms with Crippen LogP contribution >= 0.6 is 11.6 Å². The van der Waals surface area contributed by atoms with E-state index in [9.17, 15) is 4.79 Å². The van der Waals surface area contributed by atoms with E-state index in [-0.39, 0.29) is 18.1 Å². The van der Waals surface area contributed by atoms with Gasteiger partial charge in [0, 0.05) is 19.3 Å². The van der Waals surface area contributed by atoms with Crippen molar-refractivity contribution in [2.45, 2.75) is 6.92 Å². The first-order valence-electron chi connectivity index (χ1n) is 5.95. The Morgan fingerprint density at radius 3 is 2.90 bits per heavy atom. The molecule has 0 bridgehead atoms. The minimum Gasteiger partial charge on any atom is -0.462 e. The van der Waals surface area contributed by atoms with E-state index in [2.05, 4.69) is 5.10 Å². The number of carbonyl (C=O) groups excluding carboxylic acids is 1. The first kappa shape index (κ1) is 14.2. The zero-order valence-electron chi connectivity index (χ0n) is 11.1. The van der Waals surface area contributed by atoms with Crippen LogP contribution < -0.4 is 10.5 Å². The number of ether oxygens (including phenoxy) is 2. The Hall–Kier alpha value is -2.21. The molecular formula is C13H14ClN3O3. The quantitative estimate of drug-likeness (QED) is 0.693. The Morgan fingerprint density at radius 2 is 2.25 bits per heavy atom. The van der Waals surface area contributed by atoms with E-state index in [1.807, 2.05) is 0 Å². The van der Waals surface area contributed by atoms with Crippen molar-refractivity contribution in [2.24, 2.45) is 7.05 Å². The summed E-state index contributed by atoms with van der Waals surface area (Å²) in [6, 6.07) is 4.82. The lowest BCUT2D eigenvalue weighted by atomic mass is 10.3. The number of benzene rings is 1. The number of aryl methyl sites for hydroxylation is 1. The molecule has 0 spiro atoms. The molecule has 0 atom stereocenters. The summed E-state index contributed by atoms with van der Waals surface area (Å²) < 4.78 is 12.0. The molecule has 0 fully saturated rings. The van der Waals surface area contributed by atoms with E-state index < -0.39 is 5.97 Å². The zero-order valence-corrected chi connectivity index (χ0v) is 11.8. The molecule has 0 unspecified atom stereocenters. The molecule has 0 aliphatic rings. The standard InChI is InChI=1S/C13H14ClN3O3/c1-3-19-13(18)9-7-17(2)16-12(9)20-8-4-5-11(15)10(14)6-8/h4-7H,3,15H2,1-2H3. The molecule has 7 heteroatoms. The van der Waals surface area contributed by atoms with Gasteiger partial charge in [-0.2, -0.15) is 0 Å². The Kier molecular flexibility index (Phi) is 4.14. The number of anilines is 1. The first-order chi connectivity index (χ1) is 9.51. The molecule has 0 amide bonds. The Balaban J connectivity index is 2.28. The fourth-order valence-electron chi connectivity index (χ4n) is 1.58. The van der Waals surface area contributed by atoms with E-state index in [1.165, 1.54) is 10.9 Å². The van der Waals surface area contributed by atoms with Gasteiger partial charge in [0.15, 0.2) is 0 Å². The van der Waals surface area contributed by atoms with Crippen molar-refractivity contribution in [2.75, 3.05) is 12.3 Å². The maximum absolute atomic E-state index is 11.8. The smallest absolute Gasteiger partial charge is 0.345 e. The minimum atomic E-state index is -0.489. The monoisotopic (exact) mass is 295 g/mol. The van der Waals surface area contributed by atoms with Crippen molar-refractivity contribution in [1.29, 1.82) is 0 Å². The number of nitrogens with two attached hydrogens (primary N) is 1. The first-order valence-corrected chi connectivity index (χ1v) is 6.32. The zero-order chi connectivity index (χ0) is 14.7. The summed E-state index contributed by atoms with van der Waals surface area (Å²) in [5.74, 6) is 0.109. The van der Waals surface area contributed by atoms with Crippen LogP contribution in [0.2, 0.25) is 5.02 Å². The Labute approximate surface area is 121 Å². The predicted octanol–water partition coefficient (Wildman–Crippen LogP) is 2.62. The second-order valence-corrected chi connectivity index (χ2v) is 4.43. The molecule has 0 saturated carbocycles. The van der Waals surface area contributed by atoms with Crippen LogP contribution in [0.15, 0.2) is 24.4 Å². The van der Waals surface area contributed by atoms with Crippen molar-refractivity contribution >= 4 is 23.3 Å². The van der Waals surface area contributed by atoms with Crippen LogP contribution in [0.25, 0.3) is 0 Å². The highest BCUT2D eigenvalue weighted by molar-refractivity contribution is 6.33. The lowest BCUT2D eigenvalue weighted by Gasteiger charge is -2.06. The van der Waals surface area contributed by atoms with Gasteiger partial charge in [0.2, 0.25) is 0 Å². The minimum absolute atomic E-state index is 0.159. The lowest BCUT2D eigenvalue weighted by molar-refractivity contribution is 0.0523. The fourth-order valence-corrected chi connectivity index (χ4v) is 1.75. The molecule has 1 heterocycles. The molecule has 0 aliphatic heterocycles. The third-order valence-corrected chi connectivity index (χ3v) is 2.80. The SMILES string of the molecule is CCOC(=O)c1cn(C)nc1Oc1ccc(N)c(Cl)c1. The lowest BCUT2D eigenvalue weighted by Crippen LogP contribution is -2.05. The average Bonchev–Trinajstić information content (AvgIpc) is 2.75. The summed E-state index contributed by atoms with van der Waals surface area (Å²) in [7, 11) is 1.69. The van der Waals surface area contributed by atoms with Crippen LogP contribution in [0, 0.1) is 0 Å². The van der Waals surface area contributed by atoms with Gasteiger partial charge in [-0.25, -0.2) is 4.79 Å². The Bertz CT molecular complexity index is 640. The number of hydrogen-bond acceptors (Lipinski definition) is 5. The third-order valence-electron chi connectivity index (χ3n) is 2.48. The van der Waals surface area contributed by atoms with Crippen LogP contribution in [-0.2, 0) is 11.8 Å². The molecule has 0 saturated heterocycles. The molecule has 1 aromatic carbocycles. The summed E-state index contributed by atoms with van der Waals surface area (Å²) in [6.45, 7) is 2.01. The van der Waals surface area contributed by atoms with Crippen molar-refractivity contribution in [3.05, 3.63) is 35.0 Å². The molecule has 2 rings (SSSR count). The van der Waals surface area contributed by atoms with E-state index in [0.717, 1.165) is 0 Å². The van der Waals surface area contributed by atoms with Crippen molar-refractivity contribution in [3.8, 4) is 11.6 Å². The van der Waals surface area contributed by atoms with Gasteiger partial charge in [-0.3, -0.25) is 4.68 Å². The molecule has 0 radical (unpaired) electrons. The molecular weight excluding hydrogens is 282 g/mol. The summed E-state index contributed by atoms with van der Waals surface area (Å²) in [6.07, 6.45) is 1.53. The third kappa shape index (κ3) is 3.03. The van der Waals surface area contributed by atoms with Crippen molar-refractivity contribution in [1.82, 2.24) is 9.78 Å². The molecule has 2 aromatic rings. The van der Waals surface area contributed by atoms with Gasteiger partial charge in [-0.1, -0.05) is 11.6 Å². The number of nitrogens with zero attached hydrogens (tertiary/aromatic N) is 2. The largest absolute Gasteiger partial charge is 0.462 e.